The summed E-state index contributed by atoms with van der Waals surface area (Å²) in [6.07, 6.45) is 1.00. The first-order chi connectivity index (χ1) is 15.2. The second-order valence-electron chi connectivity index (χ2n) is 8.79. The quantitative estimate of drug-likeness (QED) is 0.575. The summed E-state index contributed by atoms with van der Waals surface area (Å²) in [5, 5.41) is 3.54. The zero-order chi connectivity index (χ0) is 25.0. The maximum absolute atomic E-state index is 13.4. The van der Waals surface area contributed by atoms with Crippen LogP contribution < -0.4 is 9.62 Å². The zero-order valence-electron chi connectivity index (χ0n) is 19.3. The second-order valence-corrected chi connectivity index (χ2v) is 11.5. The van der Waals surface area contributed by atoms with Crippen molar-refractivity contribution in [3.63, 3.8) is 0 Å². The van der Waals surface area contributed by atoms with Crippen molar-refractivity contribution >= 4 is 50.7 Å². The summed E-state index contributed by atoms with van der Waals surface area (Å²) in [7, 11) is -3.84. The Kier molecular flexibility index (Phi) is 8.79. The van der Waals surface area contributed by atoms with Crippen molar-refractivity contribution < 1.29 is 18.0 Å². The summed E-state index contributed by atoms with van der Waals surface area (Å²) >= 11 is 12.3. The summed E-state index contributed by atoms with van der Waals surface area (Å²) < 4.78 is 26.0. The van der Waals surface area contributed by atoms with Gasteiger partial charge >= 0.3 is 0 Å². The van der Waals surface area contributed by atoms with E-state index in [9.17, 15) is 18.0 Å². The summed E-state index contributed by atoms with van der Waals surface area (Å²) in [5.41, 5.74) is 0.381. The first-order valence-corrected chi connectivity index (χ1v) is 12.9. The molecule has 10 heteroatoms. The fourth-order valence-corrected chi connectivity index (χ4v) is 4.50. The molecular formula is C23H29Cl2N3O4S. The largest absolute Gasteiger partial charge is 0.350 e. The van der Waals surface area contributed by atoms with Gasteiger partial charge in [0.2, 0.25) is 21.8 Å². The highest BCUT2D eigenvalue weighted by Crippen LogP contribution is 2.27. The van der Waals surface area contributed by atoms with Crippen molar-refractivity contribution in [2.75, 3.05) is 17.1 Å². The Hall–Kier alpha value is -2.29. The molecule has 0 aliphatic heterocycles. The number of hydrogen-bond acceptors (Lipinski definition) is 4. The number of nitrogens with zero attached hydrogens (tertiary/aromatic N) is 2. The lowest BCUT2D eigenvalue weighted by molar-refractivity contribution is -0.140. The SMILES string of the molecule is CC(C(=O)NC(C)(C)C)N(Cc1cccc(Cl)c1)C(=O)CN(c1ccccc1Cl)S(C)(=O)=O. The number of amides is 2. The Balaban J connectivity index is 2.42. The Bertz CT molecular complexity index is 1120. The van der Waals surface area contributed by atoms with Gasteiger partial charge in [-0.2, -0.15) is 0 Å². The maximum Gasteiger partial charge on any atom is 0.244 e. The number of benzene rings is 2. The third kappa shape index (κ3) is 7.91. The molecule has 0 fully saturated rings. The Morgan fingerprint density at radius 1 is 1.06 bits per heavy atom. The lowest BCUT2D eigenvalue weighted by Crippen LogP contribution is -2.54. The number of anilines is 1. The van der Waals surface area contributed by atoms with E-state index in [2.05, 4.69) is 5.32 Å². The molecule has 1 atom stereocenters. The van der Waals surface area contributed by atoms with Crippen LogP contribution in [0.25, 0.3) is 0 Å². The molecule has 1 unspecified atom stereocenters. The highest BCUT2D eigenvalue weighted by atomic mass is 35.5. The number of hydrogen-bond donors (Lipinski definition) is 1. The lowest BCUT2D eigenvalue weighted by Gasteiger charge is -2.33. The highest BCUT2D eigenvalue weighted by molar-refractivity contribution is 7.92. The molecule has 2 aromatic rings. The zero-order valence-corrected chi connectivity index (χ0v) is 21.6. The summed E-state index contributed by atoms with van der Waals surface area (Å²) in [6, 6.07) is 12.4. The van der Waals surface area contributed by atoms with E-state index in [4.69, 9.17) is 23.2 Å². The third-order valence-corrected chi connectivity index (χ3v) is 6.39. The average molecular weight is 514 g/mol. The molecule has 0 aliphatic rings. The van der Waals surface area contributed by atoms with Gasteiger partial charge in [0.05, 0.1) is 17.0 Å². The van der Waals surface area contributed by atoms with Crippen molar-refractivity contribution in [1.29, 1.82) is 0 Å². The van der Waals surface area contributed by atoms with Crippen LogP contribution in [0.4, 0.5) is 5.69 Å². The molecule has 2 amide bonds. The predicted octanol–water partition coefficient (Wildman–Crippen LogP) is 4.09. The molecule has 2 aromatic carbocycles. The first kappa shape index (κ1) is 27.0. The predicted molar refractivity (Wildman–Crippen MR) is 133 cm³/mol. The van der Waals surface area contributed by atoms with Gasteiger partial charge in [-0.1, -0.05) is 47.5 Å². The molecule has 33 heavy (non-hydrogen) atoms. The number of rotatable bonds is 8. The van der Waals surface area contributed by atoms with Crippen LogP contribution in [0.2, 0.25) is 10.0 Å². The van der Waals surface area contributed by atoms with Crippen LogP contribution in [-0.2, 0) is 26.2 Å². The number of halogens is 2. The van der Waals surface area contributed by atoms with E-state index in [0.717, 1.165) is 10.6 Å². The van der Waals surface area contributed by atoms with Crippen molar-refractivity contribution in [2.45, 2.75) is 45.8 Å². The minimum absolute atomic E-state index is 0.0677. The number of para-hydroxylation sites is 1. The van der Waals surface area contributed by atoms with Crippen LogP contribution in [0.3, 0.4) is 0 Å². The standard InChI is InChI=1S/C23H29Cl2N3O4S/c1-16(22(30)26-23(2,3)4)27(14-17-9-8-10-18(24)13-17)21(29)15-28(33(5,31)32)20-12-7-6-11-19(20)25/h6-13,16H,14-15H2,1-5H3,(H,26,30). The normalized spacial score (nSPS) is 12.7. The van der Waals surface area contributed by atoms with E-state index in [-0.39, 0.29) is 23.2 Å². The molecule has 0 saturated carbocycles. The number of sulfonamides is 1. The van der Waals surface area contributed by atoms with Crippen LogP contribution in [0, 0.1) is 0 Å². The van der Waals surface area contributed by atoms with Crippen LogP contribution in [0.15, 0.2) is 48.5 Å². The van der Waals surface area contributed by atoms with Gasteiger partial charge in [-0.3, -0.25) is 13.9 Å². The fraction of sp³-hybridized carbons (Fsp3) is 0.391. The molecule has 0 spiro atoms. The van der Waals surface area contributed by atoms with Gasteiger partial charge in [0.15, 0.2) is 0 Å². The van der Waals surface area contributed by atoms with Gasteiger partial charge in [0, 0.05) is 17.1 Å². The monoisotopic (exact) mass is 513 g/mol. The molecule has 0 aromatic heterocycles. The third-order valence-electron chi connectivity index (χ3n) is 4.71. The van der Waals surface area contributed by atoms with Crippen molar-refractivity contribution in [2.24, 2.45) is 0 Å². The lowest BCUT2D eigenvalue weighted by atomic mass is 10.1. The molecule has 0 aliphatic carbocycles. The Labute approximate surface area is 205 Å². The van der Waals surface area contributed by atoms with E-state index in [0.29, 0.717) is 10.6 Å². The second kappa shape index (κ2) is 10.8. The van der Waals surface area contributed by atoms with E-state index in [1.165, 1.54) is 11.0 Å². The topological polar surface area (TPSA) is 86.8 Å². The molecule has 0 heterocycles. The van der Waals surface area contributed by atoms with Gasteiger partial charge in [-0.05, 0) is 57.5 Å². The molecule has 180 valence electrons. The van der Waals surface area contributed by atoms with Gasteiger partial charge in [-0.25, -0.2) is 8.42 Å². The van der Waals surface area contributed by atoms with Crippen molar-refractivity contribution in [3.05, 3.63) is 64.1 Å². The van der Waals surface area contributed by atoms with E-state index >= 15 is 0 Å². The molecule has 0 bridgehead atoms. The maximum atomic E-state index is 13.4. The summed E-state index contributed by atoms with van der Waals surface area (Å²) in [4.78, 5) is 27.7. The first-order valence-electron chi connectivity index (χ1n) is 10.3. The average Bonchev–Trinajstić information content (AvgIpc) is 2.68. The molecule has 7 nitrogen and oxygen atoms in total. The Morgan fingerprint density at radius 3 is 2.24 bits per heavy atom. The van der Waals surface area contributed by atoms with Gasteiger partial charge in [-0.15, -0.1) is 0 Å². The molecular weight excluding hydrogens is 485 g/mol. The summed E-state index contributed by atoms with van der Waals surface area (Å²) in [5.74, 6) is -0.918. The molecule has 1 N–H and O–H groups in total. The van der Waals surface area contributed by atoms with Crippen LogP contribution >= 0.6 is 23.2 Å². The minimum Gasteiger partial charge on any atom is -0.350 e. The van der Waals surface area contributed by atoms with Gasteiger partial charge < -0.3 is 10.2 Å². The van der Waals surface area contributed by atoms with E-state index in [1.807, 2.05) is 20.8 Å². The Morgan fingerprint density at radius 2 is 1.70 bits per heavy atom. The van der Waals surface area contributed by atoms with Crippen molar-refractivity contribution in [3.8, 4) is 0 Å². The highest BCUT2D eigenvalue weighted by Gasteiger charge is 2.31. The van der Waals surface area contributed by atoms with E-state index in [1.54, 1.807) is 49.4 Å². The molecule has 0 radical (unpaired) electrons. The summed E-state index contributed by atoms with van der Waals surface area (Å²) in [6.45, 7) is 6.66. The number of carbonyl (C=O) groups is 2. The van der Waals surface area contributed by atoms with E-state index < -0.39 is 34.1 Å². The smallest absolute Gasteiger partial charge is 0.244 e. The van der Waals surface area contributed by atoms with Gasteiger partial charge in [0.25, 0.3) is 0 Å². The molecule has 0 saturated heterocycles. The van der Waals surface area contributed by atoms with Crippen LogP contribution in [0.5, 0.6) is 0 Å². The fourth-order valence-electron chi connectivity index (χ4n) is 3.14. The van der Waals surface area contributed by atoms with Crippen LogP contribution in [0.1, 0.15) is 33.3 Å². The number of carbonyl (C=O) groups excluding carboxylic acids is 2. The molecule has 2 rings (SSSR count). The van der Waals surface area contributed by atoms with Crippen molar-refractivity contribution in [1.82, 2.24) is 10.2 Å². The number of nitrogens with one attached hydrogen (secondary N) is 1. The van der Waals surface area contributed by atoms with Gasteiger partial charge in [0.1, 0.15) is 12.6 Å². The minimum atomic E-state index is -3.84. The van der Waals surface area contributed by atoms with Crippen LogP contribution in [-0.4, -0.2) is 49.5 Å².